The molecule has 1 amide bonds. The molecule has 0 bridgehead atoms. The van der Waals surface area contributed by atoms with Crippen molar-refractivity contribution < 1.29 is 18.7 Å². The number of nitrogens with zero attached hydrogens (tertiary/aromatic N) is 1. The molecule has 22 heavy (non-hydrogen) atoms. The SMILES string of the molecule is CC(C)[C@@](C)(C#N)NC(=O)COC(=O)c1ccc(F)cc1N. The average Bonchev–Trinajstić information content (AvgIpc) is 2.44. The van der Waals surface area contributed by atoms with Gasteiger partial charge in [-0.1, -0.05) is 13.8 Å². The topological polar surface area (TPSA) is 105 Å². The fraction of sp³-hybridized carbons (Fsp3) is 0.400. The van der Waals surface area contributed by atoms with Crippen molar-refractivity contribution in [1.82, 2.24) is 5.32 Å². The third-order valence-electron chi connectivity index (χ3n) is 3.35. The number of hydrogen-bond acceptors (Lipinski definition) is 5. The van der Waals surface area contributed by atoms with E-state index in [0.29, 0.717) is 0 Å². The summed E-state index contributed by atoms with van der Waals surface area (Å²) < 4.78 is 17.7. The lowest BCUT2D eigenvalue weighted by atomic mass is 9.90. The van der Waals surface area contributed by atoms with Crippen molar-refractivity contribution >= 4 is 17.6 Å². The maximum atomic E-state index is 12.9. The van der Waals surface area contributed by atoms with Crippen LogP contribution in [-0.4, -0.2) is 24.0 Å². The van der Waals surface area contributed by atoms with Gasteiger partial charge in [0.05, 0.1) is 11.6 Å². The van der Waals surface area contributed by atoms with Gasteiger partial charge in [-0.05, 0) is 31.0 Å². The first-order valence-electron chi connectivity index (χ1n) is 6.64. The first kappa shape index (κ1) is 17.4. The Morgan fingerprint density at radius 1 is 1.50 bits per heavy atom. The first-order valence-corrected chi connectivity index (χ1v) is 6.64. The monoisotopic (exact) mass is 307 g/mol. The zero-order chi connectivity index (χ0) is 16.9. The van der Waals surface area contributed by atoms with Gasteiger partial charge in [-0.15, -0.1) is 0 Å². The molecule has 6 nitrogen and oxygen atoms in total. The first-order chi connectivity index (χ1) is 10.2. The zero-order valence-corrected chi connectivity index (χ0v) is 12.6. The number of ether oxygens (including phenoxy) is 1. The molecular weight excluding hydrogens is 289 g/mol. The number of hydrogen-bond donors (Lipinski definition) is 2. The Kier molecular flexibility index (Phi) is 5.46. The highest BCUT2D eigenvalue weighted by molar-refractivity contribution is 5.96. The largest absolute Gasteiger partial charge is 0.452 e. The number of amides is 1. The summed E-state index contributed by atoms with van der Waals surface area (Å²) in [5.74, 6) is -2.14. The van der Waals surface area contributed by atoms with E-state index < -0.39 is 29.8 Å². The Hall–Kier alpha value is -2.62. The Morgan fingerprint density at radius 3 is 2.64 bits per heavy atom. The van der Waals surface area contributed by atoms with Crippen molar-refractivity contribution in [3.63, 3.8) is 0 Å². The molecule has 7 heteroatoms. The van der Waals surface area contributed by atoms with Gasteiger partial charge in [0.2, 0.25) is 0 Å². The van der Waals surface area contributed by atoms with Gasteiger partial charge < -0.3 is 15.8 Å². The fourth-order valence-corrected chi connectivity index (χ4v) is 1.56. The molecule has 0 heterocycles. The number of halogens is 1. The van der Waals surface area contributed by atoms with Crippen LogP contribution in [0, 0.1) is 23.1 Å². The van der Waals surface area contributed by atoms with Gasteiger partial charge in [0.15, 0.2) is 6.61 Å². The number of benzene rings is 1. The minimum absolute atomic E-state index is 0.0268. The Labute approximate surface area is 128 Å². The molecule has 0 aliphatic carbocycles. The predicted molar refractivity (Wildman–Crippen MR) is 78.1 cm³/mol. The smallest absolute Gasteiger partial charge is 0.340 e. The van der Waals surface area contributed by atoms with Gasteiger partial charge in [-0.2, -0.15) is 5.26 Å². The highest BCUT2D eigenvalue weighted by Crippen LogP contribution is 2.16. The van der Waals surface area contributed by atoms with Crippen LogP contribution >= 0.6 is 0 Å². The van der Waals surface area contributed by atoms with Gasteiger partial charge in [-0.3, -0.25) is 4.79 Å². The second-order valence-electron chi connectivity index (χ2n) is 5.32. The highest BCUT2D eigenvalue weighted by Gasteiger charge is 2.30. The fourth-order valence-electron chi connectivity index (χ4n) is 1.56. The van der Waals surface area contributed by atoms with Gasteiger partial charge >= 0.3 is 5.97 Å². The minimum atomic E-state index is -1.06. The number of nitrogen functional groups attached to an aromatic ring is 1. The van der Waals surface area contributed by atoms with Crippen LogP contribution in [0.2, 0.25) is 0 Å². The number of nitrogens with two attached hydrogens (primary N) is 1. The summed E-state index contributed by atoms with van der Waals surface area (Å²) in [5.41, 5.74) is 4.35. The maximum absolute atomic E-state index is 12.9. The van der Waals surface area contributed by atoms with E-state index >= 15 is 0 Å². The standard InChI is InChI=1S/C15H18FN3O3/c1-9(2)15(3,8-17)19-13(20)7-22-14(21)11-5-4-10(16)6-12(11)18/h4-6,9H,7,18H2,1-3H3,(H,19,20)/t15-/m1/s1. The van der Waals surface area contributed by atoms with Gasteiger partial charge in [0.25, 0.3) is 5.91 Å². The molecule has 0 spiro atoms. The molecule has 0 aromatic heterocycles. The highest BCUT2D eigenvalue weighted by atomic mass is 19.1. The Balaban J connectivity index is 2.65. The molecule has 0 unspecified atom stereocenters. The minimum Gasteiger partial charge on any atom is -0.452 e. The second-order valence-corrected chi connectivity index (χ2v) is 5.32. The summed E-state index contributed by atoms with van der Waals surface area (Å²) in [6.45, 7) is 4.60. The Bertz CT molecular complexity index is 625. The van der Waals surface area contributed by atoms with E-state index in [9.17, 15) is 14.0 Å². The molecule has 0 aliphatic rings. The van der Waals surface area contributed by atoms with Crippen LogP contribution in [0.1, 0.15) is 31.1 Å². The quantitative estimate of drug-likeness (QED) is 0.635. The number of nitriles is 1. The molecule has 0 saturated heterocycles. The average molecular weight is 307 g/mol. The summed E-state index contributed by atoms with van der Waals surface area (Å²) in [6.07, 6.45) is 0. The normalized spacial score (nSPS) is 13.1. The molecule has 0 radical (unpaired) electrons. The van der Waals surface area contributed by atoms with Gasteiger partial charge in [-0.25, -0.2) is 9.18 Å². The lowest BCUT2D eigenvalue weighted by molar-refractivity contribution is -0.125. The number of carbonyl (C=O) groups excluding carboxylic acids is 2. The van der Waals surface area contributed by atoms with Crippen LogP contribution in [0.4, 0.5) is 10.1 Å². The van der Waals surface area contributed by atoms with Crippen LogP contribution in [0.5, 0.6) is 0 Å². The summed E-state index contributed by atoms with van der Waals surface area (Å²) in [4.78, 5) is 23.5. The van der Waals surface area contributed by atoms with Crippen LogP contribution < -0.4 is 11.1 Å². The van der Waals surface area contributed by atoms with E-state index in [1.807, 2.05) is 6.07 Å². The van der Waals surface area contributed by atoms with Crippen molar-refractivity contribution in [1.29, 1.82) is 5.26 Å². The molecule has 1 rings (SSSR count). The van der Waals surface area contributed by atoms with Crippen LogP contribution in [0.25, 0.3) is 0 Å². The Morgan fingerprint density at radius 2 is 2.14 bits per heavy atom. The summed E-state index contributed by atoms with van der Waals surface area (Å²) in [6, 6.07) is 5.24. The zero-order valence-electron chi connectivity index (χ0n) is 12.6. The molecule has 0 saturated carbocycles. The van der Waals surface area contributed by atoms with Crippen molar-refractivity contribution in [2.24, 2.45) is 5.92 Å². The second kappa shape index (κ2) is 6.89. The number of esters is 1. The van der Waals surface area contributed by atoms with Crippen LogP contribution in [0.15, 0.2) is 18.2 Å². The summed E-state index contributed by atoms with van der Waals surface area (Å²) >= 11 is 0. The molecule has 1 atom stereocenters. The molecule has 3 N–H and O–H groups in total. The number of nitrogens with one attached hydrogen (secondary N) is 1. The molecule has 0 aliphatic heterocycles. The molecule has 1 aromatic carbocycles. The van der Waals surface area contributed by atoms with E-state index in [-0.39, 0.29) is 17.2 Å². The number of anilines is 1. The van der Waals surface area contributed by atoms with Gasteiger partial charge in [0.1, 0.15) is 11.4 Å². The lowest BCUT2D eigenvalue weighted by Crippen LogP contribution is -2.50. The van der Waals surface area contributed by atoms with Crippen molar-refractivity contribution in [2.45, 2.75) is 26.3 Å². The third-order valence-corrected chi connectivity index (χ3v) is 3.35. The van der Waals surface area contributed by atoms with Crippen LogP contribution in [-0.2, 0) is 9.53 Å². The van der Waals surface area contributed by atoms with E-state index in [0.717, 1.165) is 12.1 Å². The van der Waals surface area contributed by atoms with E-state index in [1.54, 1.807) is 20.8 Å². The molecule has 0 fully saturated rings. The van der Waals surface area contributed by atoms with E-state index in [2.05, 4.69) is 5.32 Å². The van der Waals surface area contributed by atoms with Crippen molar-refractivity contribution in [3.05, 3.63) is 29.6 Å². The molecular formula is C15H18FN3O3. The summed E-state index contributed by atoms with van der Waals surface area (Å²) in [7, 11) is 0. The van der Waals surface area contributed by atoms with E-state index in [4.69, 9.17) is 15.7 Å². The van der Waals surface area contributed by atoms with Gasteiger partial charge in [0, 0.05) is 5.69 Å². The van der Waals surface area contributed by atoms with Crippen molar-refractivity contribution in [2.75, 3.05) is 12.3 Å². The van der Waals surface area contributed by atoms with Crippen LogP contribution in [0.3, 0.4) is 0 Å². The predicted octanol–water partition coefficient (Wildman–Crippen LogP) is 1.62. The van der Waals surface area contributed by atoms with Crippen molar-refractivity contribution in [3.8, 4) is 6.07 Å². The maximum Gasteiger partial charge on any atom is 0.340 e. The lowest BCUT2D eigenvalue weighted by Gasteiger charge is -2.27. The number of carbonyl (C=O) groups is 2. The molecule has 1 aromatic rings. The number of rotatable bonds is 5. The molecule has 118 valence electrons. The summed E-state index contributed by atoms with van der Waals surface area (Å²) in [5, 5.41) is 11.6. The van der Waals surface area contributed by atoms with E-state index in [1.165, 1.54) is 6.07 Å². The third kappa shape index (κ3) is 4.19.